The number of ketones is 1. The number of aromatic nitrogens is 2. The van der Waals surface area contributed by atoms with Gasteiger partial charge in [-0.15, -0.1) is 0 Å². The third kappa shape index (κ3) is 7.34. The molecule has 2 aromatic rings. The Morgan fingerprint density at radius 3 is 2.51 bits per heavy atom. The highest BCUT2D eigenvalue weighted by Gasteiger charge is 2.50. The molecule has 37 heavy (non-hydrogen) atoms. The van der Waals surface area contributed by atoms with Crippen LogP contribution in [0.2, 0.25) is 0 Å². The number of ether oxygens (including phenoxy) is 2. The number of carbonyl (C=O) groups excluding carboxylic acids is 4. The van der Waals surface area contributed by atoms with Crippen LogP contribution < -0.4 is 16.0 Å². The molecule has 3 N–H and O–H groups in total. The van der Waals surface area contributed by atoms with Gasteiger partial charge in [0.1, 0.15) is 17.5 Å². The third-order valence-corrected chi connectivity index (χ3v) is 6.61. The Hall–Kier alpha value is -3.35. The van der Waals surface area contributed by atoms with Crippen molar-refractivity contribution in [3.63, 3.8) is 0 Å². The van der Waals surface area contributed by atoms with Gasteiger partial charge in [-0.2, -0.15) is 11.8 Å². The standard InChI is InChI=1S/C25H31N5O6S/c1-24(15-36-24)21(32)18(11-17-7-5-4-6-8-17)28-22(33)19(13-35-2)29-23(34)25(14-31,16-37-3)30-20-12-26-9-10-27-20/h4-10,12,14,18-19H,11,13,15-16H2,1-3H3,(H,27,30)(H,28,33)(H,29,34)/t18-,19-,24?,25-/m0/s1. The number of carbonyl (C=O) groups is 4. The average Bonchev–Trinajstić information content (AvgIpc) is 3.66. The van der Waals surface area contributed by atoms with Gasteiger partial charge in [0.25, 0.3) is 5.91 Å². The maximum absolute atomic E-state index is 13.4. The summed E-state index contributed by atoms with van der Waals surface area (Å²) in [5, 5.41) is 8.19. The van der Waals surface area contributed by atoms with E-state index in [0.29, 0.717) is 6.29 Å². The number of rotatable bonds is 15. The van der Waals surface area contributed by atoms with Gasteiger partial charge < -0.3 is 30.2 Å². The van der Waals surface area contributed by atoms with Crippen LogP contribution in [-0.2, 0) is 35.1 Å². The molecule has 0 bridgehead atoms. The maximum Gasteiger partial charge on any atom is 0.254 e. The number of nitrogens with zero attached hydrogens (tertiary/aromatic N) is 2. The lowest BCUT2D eigenvalue weighted by Crippen LogP contribution is -2.62. The van der Waals surface area contributed by atoms with Gasteiger partial charge in [-0.1, -0.05) is 30.3 Å². The lowest BCUT2D eigenvalue weighted by Gasteiger charge is -2.30. The van der Waals surface area contributed by atoms with Gasteiger partial charge in [0, 0.05) is 25.3 Å². The normalized spacial score (nSPS) is 19.5. The number of amides is 2. The number of anilines is 1. The van der Waals surface area contributed by atoms with Gasteiger partial charge in [0.05, 0.1) is 25.5 Å². The lowest BCUT2D eigenvalue weighted by molar-refractivity contribution is -0.135. The maximum atomic E-state index is 13.4. The van der Waals surface area contributed by atoms with Crippen LogP contribution >= 0.6 is 11.8 Å². The minimum absolute atomic E-state index is 0.0606. The Morgan fingerprint density at radius 1 is 1.22 bits per heavy atom. The molecule has 1 unspecified atom stereocenters. The van der Waals surface area contributed by atoms with Crippen molar-refractivity contribution in [2.75, 3.05) is 37.6 Å². The van der Waals surface area contributed by atoms with Crippen molar-refractivity contribution in [2.45, 2.75) is 36.6 Å². The molecule has 1 fully saturated rings. The smallest absolute Gasteiger partial charge is 0.254 e. The van der Waals surface area contributed by atoms with E-state index in [1.54, 1.807) is 13.2 Å². The molecule has 0 radical (unpaired) electrons. The summed E-state index contributed by atoms with van der Waals surface area (Å²) in [6.45, 7) is 1.76. The minimum atomic E-state index is -1.73. The van der Waals surface area contributed by atoms with E-state index in [9.17, 15) is 19.2 Å². The molecule has 2 heterocycles. The molecular weight excluding hydrogens is 498 g/mol. The first-order chi connectivity index (χ1) is 17.8. The number of methoxy groups -OCH3 is 1. The Balaban J connectivity index is 1.79. The molecular formula is C25H31N5O6S. The highest BCUT2D eigenvalue weighted by molar-refractivity contribution is 7.98. The average molecular weight is 530 g/mol. The zero-order valence-electron chi connectivity index (χ0n) is 20.9. The number of thioether (sulfide) groups is 1. The third-order valence-electron chi connectivity index (χ3n) is 5.86. The van der Waals surface area contributed by atoms with E-state index in [1.165, 1.54) is 37.5 Å². The van der Waals surface area contributed by atoms with Crippen LogP contribution in [0.4, 0.5) is 5.82 Å². The summed E-state index contributed by atoms with van der Waals surface area (Å²) in [6, 6.07) is 7.19. The molecule has 11 nitrogen and oxygen atoms in total. The molecule has 1 aromatic heterocycles. The number of hydrogen-bond donors (Lipinski definition) is 3. The summed E-state index contributed by atoms with van der Waals surface area (Å²) in [7, 11) is 1.38. The van der Waals surface area contributed by atoms with E-state index in [0.717, 1.165) is 5.56 Å². The van der Waals surface area contributed by atoms with Crippen LogP contribution in [0.25, 0.3) is 0 Å². The summed E-state index contributed by atoms with van der Waals surface area (Å²) in [5.41, 5.74) is -1.83. The number of nitrogens with one attached hydrogen (secondary N) is 3. The van der Waals surface area contributed by atoms with E-state index in [1.807, 2.05) is 30.3 Å². The fraction of sp³-hybridized carbons (Fsp3) is 0.440. The van der Waals surface area contributed by atoms with Crippen molar-refractivity contribution in [1.82, 2.24) is 20.6 Å². The monoisotopic (exact) mass is 529 g/mol. The summed E-state index contributed by atoms with van der Waals surface area (Å²) in [4.78, 5) is 60.0. The Labute approximate surface area is 219 Å². The predicted molar refractivity (Wildman–Crippen MR) is 138 cm³/mol. The number of Topliss-reactive ketones (excluding diaryl/α,β-unsaturated/α-hetero) is 1. The minimum Gasteiger partial charge on any atom is -0.382 e. The van der Waals surface area contributed by atoms with Crippen molar-refractivity contribution < 1.29 is 28.7 Å². The lowest BCUT2D eigenvalue weighted by atomic mass is 9.94. The summed E-state index contributed by atoms with van der Waals surface area (Å²) in [6.07, 6.45) is 6.72. The molecule has 0 spiro atoms. The molecule has 12 heteroatoms. The topological polar surface area (TPSA) is 152 Å². The van der Waals surface area contributed by atoms with Crippen molar-refractivity contribution in [1.29, 1.82) is 0 Å². The van der Waals surface area contributed by atoms with Gasteiger partial charge in [-0.3, -0.25) is 19.4 Å². The second-order valence-electron chi connectivity index (χ2n) is 8.85. The van der Waals surface area contributed by atoms with E-state index in [4.69, 9.17) is 9.47 Å². The quantitative estimate of drug-likeness (QED) is 0.168. The number of aldehydes is 1. The zero-order valence-corrected chi connectivity index (χ0v) is 21.7. The molecule has 1 aliphatic rings. The van der Waals surface area contributed by atoms with Gasteiger partial charge >= 0.3 is 0 Å². The Kier molecular flexibility index (Phi) is 9.73. The highest BCUT2D eigenvalue weighted by atomic mass is 32.2. The van der Waals surface area contributed by atoms with Crippen molar-refractivity contribution in [2.24, 2.45) is 0 Å². The summed E-state index contributed by atoms with van der Waals surface area (Å²) in [5.74, 6) is -1.36. The van der Waals surface area contributed by atoms with Gasteiger partial charge in [-0.05, 0) is 25.2 Å². The second-order valence-corrected chi connectivity index (χ2v) is 9.72. The number of hydrogen-bond acceptors (Lipinski definition) is 10. The molecule has 1 saturated heterocycles. The van der Waals surface area contributed by atoms with E-state index < -0.39 is 35.0 Å². The molecule has 1 aliphatic heterocycles. The molecule has 1 aromatic carbocycles. The van der Waals surface area contributed by atoms with Crippen molar-refractivity contribution in [3.8, 4) is 0 Å². The Bertz CT molecular complexity index is 1090. The Morgan fingerprint density at radius 2 is 1.95 bits per heavy atom. The highest BCUT2D eigenvalue weighted by Crippen LogP contribution is 2.29. The predicted octanol–water partition coefficient (Wildman–Crippen LogP) is 0.406. The molecule has 2 amide bonds. The van der Waals surface area contributed by atoms with E-state index in [-0.39, 0.29) is 37.0 Å². The van der Waals surface area contributed by atoms with Crippen LogP contribution in [0.15, 0.2) is 48.9 Å². The SMILES string of the molecule is COC[C@H](NC(=O)[C@](C=O)(CSC)Nc1cnccn1)C(=O)N[C@@H](Cc1ccccc1)C(=O)C1(C)CO1. The molecule has 4 atom stereocenters. The second kappa shape index (κ2) is 12.7. The largest absolute Gasteiger partial charge is 0.382 e. The van der Waals surface area contributed by atoms with Gasteiger partial charge in [-0.25, -0.2) is 4.98 Å². The first-order valence-corrected chi connectivity index (χ1v) is 13.0. The number of benzene rings is 1. The van der Waals surface area contributed by atoms with Crippen LogP contribution in [-0.4, -0.2) is 89.4 Å². The van der Waals surface area contributed by atoms with E-state index in [2.05, 4.69) is 25.9 Å². The first-order valence-electron chi connectivity index (χ1n) is 11.6. The van der Waals surface area contributed by atoms with Crippen LogP contribution in [0.3, 0.4) is 0 Å². The fourth-order valence-electron chi connectivity index (χ4n) is 3.68. The molecule has 198 valence electrons. The van der Waals surface area contributed by atoms with Crippen molar-refractivity contribution in [3.05, 3.63) is 54.5 Å². The van der Waals surface area contributed by atoms with Crippen LogP contribution in [0, 0.1) is 0 Å². The molecule has 0 saturated carbocycles. The fourth-order valence-corrected chi connectivity index (χ4v) is 4.41. The number of epoxide rings is 1. The molecule has 0 aliphatic carbocycles. The zero-order chi connectivity index (χ0) is 26.9. The molecule has 3 rings (SSSR count). The van der Waals surface area contributed by atoms with Crippen LogP contribution in [0.5, 0.6) is 0 Å². The van der Waals surface area contributed by atoms with Gasteiger partial charge in [0.2, 0.25) is 5.91 Å². The summed E-state index contributed by atoms with van der Waals surface area (Å²) < 4.78 is 10.5. The summed E-state index contributed by atoms with van der Waals surface area (Å²) >= 11 is 1.26. The van der Waals surface area contributed by atoms with E-state index >= 15 is 0 Å². The van der Waals surface area contributed by atoms with Crippen LogP contribution in [0.1, 0.15) is 12.5 Å². The first kappa shape index (κ1) is 28.2. The van der Waals surface area contributed by atoms with Crippen molar-refractivity contribution >= 4 is 41.5 Å². The van der Waals surface area contributed by atoms with Gasteiger partial charge in [0.15, 0.2) is 17.6 Å².